The zero-order chi connectivity index (χ0) is 17.5. The van der Waals surface area contributed by atoms with Crippen LogP contribution in [0.15, 0.2) is 36.4 Å². The summed E-state index contributed by atoms with van der Waals surface area (Å²) in [4.78, 5) is 25.5. The van der Waals surface area contributed by atoms with Crippen molar-refractivity contribution in [2.24, 2.45) is 0 Å². The molecule has 5 N–H and O–H groups in total. The van der Waals surface area contributed by atoms with E-state index in [1.54, 1.807) is 0 Å². The van der Waals surface area contributed by atoms with Crippen molar-refractivity contribution in [1.82, 2.24) is 10.3 Å². The average molecular weight is 334 g/mol. The number of ketones is 1. The molecule has 0 fully saturated rings. The van der Waals surface area contributed by atoms with Crippen LogP contribution in [0.25, 0.3) is 0 Å². The standard InChI is InChI=1S/C16H18N2O6/c19-12(14(21)11-8-13(20)18-15(11)22)6-7-17-16(23)24-9-10-4-2-1-3-5-10/h1-5,8,14,18,20-22H,6-7,9H2,(H,17,23). The molecule has 24 heavy (non-hydrogen) atoms. The molecule has 8 heteroatoms. The second-order valence-corrected chi connectivity index (χ2v) is 5.07. The minimum Gasteiger partial charge on any atom is -0.495 e. The third-order valence-electron chi connectivity index (χ3n) is 3.27. The fourth-order valence-corrected chi connectivity index (χ4v) is 2.03. The van der Waals surface area contributed by atoms with Crippen molar-refractivity contribution in [2.45, 2.75) is 19.1 Å². The number of carbonyl (C=O) groups excluding carboxylic acids is 2. The molecule has 2 aromatic rings. The summed E-state index contributed by atoms with van der Waals surface area (Å²) in [6, 6.07) is 10.2. The number of benzene rings is 1. The van der Waals surface area contributed by atoms with Gasteiger partial charge in [0.05, 0.1) is 5.56 Å². The fourth-order valence-electron chi connectivity index (χ4n) is 2.03. The number of alkyl carbamates (subject to hydrolysis) is 1. The summed E-state index contributed by atoms with van der Waals surface area (Å²) in [6.45, 7) is 0.0838. The fraction of sp³-hybridized carbons (Fsp3) is 0.250. The first-order chi connectivity index (χ1) is 11.5. The molecule has 0 aliphatic carbocycles. The summed E-state index contributed by atoms with van der Waals surface area (Å²) in [5.41, 5.74) is 0.714. The predicted octanol–water partition coefficient (Wildman–Crippen LogP) is 1.34. The number of H-pyrrole nitrogens is 1. The number of amides is 1. The second kappa shape index (κ2) is 8.02. The van der Waals surface area contributed by atoms with Gasteiger partial charge in [-0.3, -0.25) is 9.78 Å². The minimum absolute atomic E-state index is 0.0271. The summed E-state index contributed by atoms with van der Waals surface area (Å²) in [5.74, 6) is -1.46. The molecule has 1 unspecified atom stereocenters. The molecule has 2 rings (SSSR count). The Labute approximate surface area is 137 Å². The van der Waals surface area contributed by atoms with Crippen LogP contribution in [0.2, 0.25) is 0 Å². The Hall–Kier alpha value is -3.00. The topological polar surface area (TPSA) is 132 Å². The first kappa shape index (κ1) is 17.4. The number of hydrogen-bond acceptors (Lipinski definition) is 6. The molecule has 128 valence electrons. The van der Waals surface area contributed by atoms with E-state index < -0.39 is 23.9 Å². The molecule has 0 spiro atoms. The van der Waals surface area contributed by atoms with Crippen molar-refractivity contribution in [3.8, 4) is 11.8 Å². The Bertz CT molecular complexity index is 698. The summed E-state index contributed by atoms with van der Waals surface area (Å²) >= 11 is 0. The van der Waals surface area contributed by atoms with Crippen LogP contribution >= 0.6 is 0 Å². The monoisotopic (exact) mass is 334 g/mol. The number of aliphatic hydroxyl groups is 1. The van der Waals surface area contributed by atoms with E-state index in [9.17, 15) is 19.8 Å². The highest BCUT2D eigenvalue weighted by Gasteiger charge is 2.22. The van der Waals surface area contributed by atoms with E-state index in [0.717, 1.165) is 11.6 Å². The molecule has 0 aliphatic rings. The van der Waals surface area contributed by atoms with Gasteiger partial charge in [0.15, 0.2) is 17.5 Å². The lowest BCUT2D eigenvalue weighted by molar-refractivity contribution is -0.127. The molecule has 1 heterocycles. The first-order valence-electron chi connectivity index (χ1n) is 7.23. The zero-order valence-electron chi connectivity index (χ0n) is 12.7. The molecule has 1 aromatic carbocycles. The van der Waals surface area contributed by atoms with Crippen LogP contribution < -0.4 is 5.32 Å². The maximum Gasteiger partial charge on any atom is 0.407 e. The normalized spacial score (nSPS) is 11.7. The number of ether oxygens (including phenoxy) is 1. The maximum absolute atomic E-state index is 11.8. The predicted molar refractivity (Wildman–Crippen MR) is 83.3 cm³/mol. The van der Waals surface area contributed by atoms with Gasteiger partial charge in [0, 0.05) is 19.0 Å². The lowest BCUT2D eigenvalue weighted by Gasteiger charge is -2.09. The third-order valence-corrected chi connectivity index (χ3v) is 3.27. The van der Waals surface area contributed by atoms with Crippen molar-refractivity contribution in [3.05, 3.63) is 47.5 Å². The number of aromatic nitrogens is 1. The number of nitrogens with one attached hydrogen (secondary N) is 2. The van der Waals surface area contributed by atoms with Gasteiger partial charge in [-0.25, -0.2) is 4.79 Å². The van der Waals surface area contributed by atoms with Crippen molar-refractivity contribution >= 4 is 11.9 Å². The number of aromatic hydroxyl groups is 2. The van der Waals surface area contributed by atoms with E-state index in [4.69, 9.17) is 9.84 Å². The van der Waals surface area contributed by atoms with Gasteiger partial charge in [0.2, 0.25) is 0 Å². The molecular formula is C16H18N2O6. The summed E-state index contributed by atoms with van der Waals surface area (Å²) in [7, 11) is 0. The van der Waals surface area contributed by atoms with Crippen LogP contribution in [0.1, 0.15) is 23.7 Å². The SMILES string of the molecule is O=C(NCCC(=O)C(O)c1cc(O)[nH]c1O)OCc1ccccc1. The second-order valence-electron chi connectivity index (χ2n) is 5.07. The van der Waals surface area contributed by atoms with Gasteiger partial charge < -0.3 is 25.4 Å². The maximum atomic E-state index is 11.8. The lowest BCUT2D eigenvalue weighted by Crippen LogP contribution is -2.27. The van der Waals surface area contributed by atoms with Crippen LogP contribution in [0.5, 0.6) is 11.8 Å². The lowest BCUT2D eigenvalue weighted by atomic mass is 10.1. The van der Waals surface area contributed by atoms with Gasteiger partial charge in [0.1, 0.15) is 12.7 Å². The van der Waals surface area contributed by atoms with Gasteiger partial charge in [-0.15, -0.1) is 0 Å². The van der Waals surface area contributed by atoms with E-state index in [-0.39, 0.29) is 31.0 Å². The Morgan fingerprint density at radius 1 is 1.21 bits per heavy atom. The van der Waals surface area contributed by atoms with E-state index in [1.807, 2.05) is 30.3 Å². The van der Waals surface area contributed by atoms with Crippen molar-refractivity contribution in [2.75, 3.05) is 6.54 Å². The van der Waals surface area contributed by atoms with Gasteiger partial charge >= 0.3 is 6.09 Å². The molecule has 0 aliphatic heterocycles. The van der Waals surface area contributed by atoms with E-state index in [2.05, 4.69) is 10.3 Å². The Morgan fingerprint density at radius 2 is 1.92 bits per heavy atom. The molecule has 0 saturated carbocycles. The van der Waals surface area contributed by atoms with Crippen molar-refractivity contribution in [1.29, 1.82) is 0 Å². The quantitative estimate of drug-likeness (QED) is 0.519. The number of aromatic amines is 1. The Morgan fingerprint density at radius 3 is 2.54 bits per heavy atom. The minimum atomic E-state index is -1.59. The van der Waals surface area contributed by atoms with E-state index in [1.165, 1.54) is 0 Å². The van der Waals surface area contributed by atoms with Gasteiger partial charge in [-0.2, -0.15) is 0 Å². The number of aliphatic hydroxyl groups excluding tert-OH is 1. The van der Waals surface area contributed by atoms with Crippen molar-refractivity contribution in [3.63, 3.8) is 0 Å². The van der Waals surface area contributed by atoms with Crippen molar-refractivity contribution < 1.29 is 29.6 Å². The van der Waals surface area contributed by atoms with E-state index >= 15 is 0 Å². The highest BCUT2D eigenvalue weighted by Crippen LogP contribution is 2.28. The zero-order valence-corrected chi connectivity index (χ0v) is 12.7. The molecule has 8 nitrogen and oxygen atoms in total. The van der Waals surface area contributed by atoms with Crippen LogP contribution in [-0.2, 0) is 16.1 Å². The number of Topliss-reactive ketones (excluding diaryl/α,β-unsaturated/α-hetero) is 1. The molecule has 1 atom stereocenters. The number of hydrogen-bond donors (Lipinski definition) is 5. The highest BCUT2D eigenvalue weighted by atomic mass is 16.5. The Balaban J connectivity index is 1.72. The molecule has 1 aromatic heterocycles. The largest absolute Gasteiger partial charge is 0.495 e. The summed E-state index contributed by atoms with van der Waals surface area (Å²) in [5, 5.41) is 30.8. The number of rotatable bonds is 7. The molecule has 0 bridgehead atoms. The van der Waals surface area contributed by atoms with Gasteiger partial charge in [-0.1, -0.05) is 30.3 Å². The van der Waals surface area contributed by atoms with E-state index in [0.29, 0.717) is 0 Å². The highest BCUT2D eigenvalue weighted by molar-refractivity contribution is 5.85. The van der Waals surface area contributed by atoms with Crippen LogP contribution in [0, 0.1) is 0 Å². The average Bonchev–Trinajstić information content (AvgIpc) is 2.91. The molecular weight excluding hydrogens is 316 g/mol. The summed E-state index contributed by atoms with van der Waals surface area (Å²) in [6.07, 6.45) is -2.43. The van der Waals surface area contributed by atoms with Gasteiger partial charge in [-0.05, 0) is 5.56 Å². The first-order valence-corrected chi connectivity index (χ1v) is 7.23. The smallest absolute Gasteiger partial charge is 0.407 e. The molecule has 0 saturated heterocycles. The molecule has 1 amide bonds. The third kappa shape index (κ3) is 4.75. The Kier molecular flexibility index (Phi) is 5.80. The number of carbonyl (C=O) groups is 2. The van der Waals surface area contributed by atoms with Gasteiger partial charge in [0.25, 0.3) is 0 Å². The van der Waals surface area contributed by atoms with Crippen LogP contribution in [0.4, 0.5) is 4.79 Å². The van der Waals surface area contributed by atoms with Crippen LogP contribution in [0.3, 0.4) is 0 Å². The molecule has 0 radical (unpaired) electrons. The summed E-state index contributed by atoms with van der Waals surface area (Å²) < 4.78 is 4.98. The van der Waals surface area contributed by atoms with Crippen LogP contribution in [-0.4, -0.2) is 38.7 Å².